The third kappa shape index (κ3) is 5.63. The second-order valence-corrected chi connectivity index (χ2v) is 9.98. The maximum absolute atomic E-state index is 12.4. The van der Waals surface area contributed by atoms with Crippen molar-refractivity contribution in [2.45, 2.75) is 20.3 Å². The van der Waals surface area contributed by atoms with E-state index in [1.165, 1.54) is 15.6 Å². The van der Waals surface area contributed by atoms with Crippen LogP contribution in [0, 0.1) is 13.8 Å². The van der Waals surface area contributed by atoms with Crippen LogP contribution in [-0.2, 0) is 6.42 Å². The van der Waals surface area contributed by atoms with Crippen molar-refractivity contribution in [1.82, 2.24) is 9.27 Å². The standard InChI is InChI=1S/C28H31N5OS/c1-20-7-10-23(11-8-20)29-28(34)30-25-12-9-22(19-21(25)2)13-14-32-15-17-33(18-16-32)27-24-5-3-4-6-26(24)35-31-27/h3-12,19H,13-18H2,1-2H3,(H2,29,30,34). The quantitative estimate of drug-likeness (QED) is 0.356. The Morgan fingerprint density at radius 3 is 2.49 bits per heavy atom. The Kier molecular flexibility index (Phi) is 6.97. The van der Waals surface area contributed by atoms with Crippen molar-refractivity contribution in [3.05, 3.63) is 83.4 Å². The number of anilines is 3. The minimum Gasteiger partial charge on any atom is -0.353 e. The van der Waals surface area contributed by atoms with Crippen molar-refractivity contribution < 1.29 is 4.79 Å². The summed E-state index contributed by atoms with van der Waals surface area (Å²) in [4.78, 5) is 17.3. The molecule has 2 N–H and O–H groups in total. The molecule has 0 aliphatic carbocycles. The van der Waals surface area contributed by atoms with Crippen molar-refractivity contribution in [3.63, 3.8) is 0 Å². The van der Waals surface area contributed by atoms with Crippen LogP contribution in [0.25, 0.3) is 10.1 Å². The van der Waals surface area contributed by atoms with E-state index in [1.807, 2.05) is 44.2 Å². The number of hydrogen-bond acceptors (Lipinski definition) is 5. The van der Waals surface area contributed by atoms with Gasteiger partial charge in [0.1, 0.15) is 5.82 Å². The number of carbonyl (C=O) groups excluding carboxylic acids is 1. The molecular formula is C28H31N5OS. The topological polar surface area (TPSA) is 60.5 Å². The number of aromatic nitrogens is 1. The fraction of sp³-hybridized carbons (Fsp3) is 0.286. The van der Waals surface area contributed by atoms with Gasteiger partial charge in [-0.15, -0.1) is 0 Å². The molecule has 0 radical (unpaired) electrons. The molecule has 1 fully saturated rings. The molecule has 0 spiro atoms. The highest BCUT2D eigenvalue weighted by Gasteiger charge is 2.20. The van der Waals surface area contributed by atoms with E-state index in [2.05, 4.69) is 56.8 Å². The van der Waals surface area contributed by atoms with Crippen molar-refractivity contribution in [2.75, 3.05) is 48.3 Å². The number of amides is 2. The van der Waals surface area contributed by atoms with Gasteiger partial charge in [-0.2, -0.15) is 4.37 Å². The number of benzene rings is 3. The summed E-state index contributed by atoms with van der Waals surface area (Å²) < 4.78 is 5.97. The number of fused-ring (bicyclic) bond motifs is 1. The first-order valence-electron chi connectivity index (χ1n) is 12.1. The van der Waals surface area contributed by atoms with E-state index in [0.29, 0.717) is 0 Å². The van der Waals surface area contributed by atoms with E-state index in [9.17, 15) is 4.79 Å². The van der Waals surface area contributed by atoms with Gasteiger partial charge in [-0.3, -0.25) is 4.90 Å². The van der Waals surface area contributed by atoms with Crippen LogP contribution in [0.3, 0.4) is 0 Å². The third-order valence-corrected chi connectivity index (χ3v) is 7.41. The SMILES string of the molecule is Cc1ccc(NC(=O)Nc2ccc(CCN3CCN(c4nsc5ccccc45)CC3)cc2C)cc1. The van der Waals surface area contributed by atoms with Gasteiger partial charge in [0.25, 0.3) is 0 Å². The molecule has 4 aromatic rings. The van der Waals surface area contributed by atoms with Crippen LogP contribution in [0.1, 0.15) is 16.7 Å². The van der Waals surface area contributed by atoms with Crippen LogP contribution >= 0.6 is 11.5 Å². The Morgan fingerprint density at radius 1 is 0.943 bits per heavy atom. The van der Waals surface area contributed by atoms with E-state index < -0.39 is 0 Å². The number of hydrogen-bond donors (Lipinski definition) is 2. The lowest BCUT2D eigenvalue weighted by molar-refractivity contribution is 0.260. The van der Waals surface area contributed by atoms with Crippen LogP contribution in [0.2, 0.25) is 0 Å². The Balaban J connectivity index is 1.11. The first-order valence-corrected chi connectivity index (χ1v) is 12.9. The van der Waals surface area contributed by atoms with E-state index >= 15 is 0 Å². The zero-order valence-electron chi connectivity index (χ0n) is 20.3. The zero-order chi connectivity index (χ0) is 24.2. The van der Waals surface area contributed by atoms with E-state index in [4.69, 9.17) is 4.37 Å². The van der Waals surface area contributed by atoms with Crippen molar-refractivity contribution in [3.8, 4) is 0 Å². The third-order valence-electron chi connectivity index (χ3n) is 6.60. The average molecular weight is 486 g/mol. The molecular weight excluding hydrogens is 454 g/mol. The highest BCUT2D eigenvalue weighted by molar-refractivity contribution is 7.13. The second-order valence-electron chi connectivity index (χ2n) is 9.18. The van der Waals surface area contributed by atoms with Gasteiger partial charge in [-0.25, -0.2) is 4.79 Å². The lowest BCUT2D eigenvalue weighted by atomic mass is 10.1. The first kappa shape index (κ1) is 23.3. The highest BCUT2D eigenvalue weighted by Crippen LogP contribution is 2.29. The molecule has 0 saturated carbocycles. The molecule has 3 aromatic carbocycles. The summed E-state index contributed by atoms with van der Waals surface area (Å²) >= 11 is 1.59. The number of nitrogens with one attached hydrogen (secondary N) is 2. The summed E-state index contributed by atoms with van der Waals surface area (Å²) in [5.41, 5.74) is 5.15. The minimum atomic E-state index is -0.226. The van der Waals surface area contributed by atoms with Gasteiger partial charge in [-0.05, 0) is 73.3 Å². The highest BCUT2D eigenvalue weighted by atomic mass is 32.1. The maximum Gasteiger partial charge on any atom is 0.323 e. The van der Waals surface area contributed by atoms with Gasteiger partial charge >= 0.3 is 6.03 Å². The van der Waals surface area contributed by atoms with Crippen LogP contribution in [0.4, 0.5) is 22.0 Å². The minimum absolute atomic E-state index is 0.226. The Morgan fingerprint density at radius 2 is 1.71 bits per heavy atom. The van der Waals surface area contributed by atoms with Crippen molar-refractivity contribution in [2.24, 2.45) is 0 Å². The predicted octanol–water partition coefficient (Wildman–Crippen LogP) is 5.92. The fourth-order valence-electron chi connectivity index (χ4n) is 4.51. The smallest absolute Gasteiger partial charge is 0.323 e. The number of nitrogens with zero attached hydrogens (tertiary/aromatic N) is 3. The summed E-state index contributed by atoms with van der Waals surface area (Å²) in [6.45, 7) is 9.21. The molecule has 0 bridgehead atoms. The van der Waals surface area contributed by atoms with Gasteiger partial charge < -0.3 is 15.5 Å². The Bertz CT molecular complexity index is 1310. The predicted molar refractivity (Wildman–Crippen MR) is 147 cm³/mol. The monoisotopic (exact) mass is 485 g/mol. The molecule has 35 heavy (non-hydrogen) atoms. The molecule has 7 heteroatoms. The molecule has 1 aromatic heterocycles. The van der Waals surface area contributed by atoms with E-state index in [1.54, 1.807) is 11.5 Å². The van der Waals surface area contributed by atoms with Crippen LogP contribution in [0.15, 0.2) is 66.7 Å². The zero-order valence-corrected chi connectivity index (χ0v) is 21.1. The lowest BCUT2D eigenvalue weighted by Crippen LogP contribution is -2.47. The van der Waals surface area contributed by atoms with Gasteiger partial charge in [0.05, 0.1) is 4.70 Å². The van der Waals surface area contributed by atoms with Crippen LogP contribution in [0.5, 0.6) is 0 Å². The molecule has 1 aliphatic heterocycles. The summed E-state index contributed by atoms with van der Waals surface area (Å²) in [5.74, 6) is 1.13. The Hall–Kier alpha value is -3.42. The summed E-state index contributed by atoms with van der Waals surface area (Å²) in [7, 11) is 0. The Labute approximate surface area is 210 Å². The largest absolute Gasteiger partial charge is 0.353 e. The van der Waals surface area contributed by atoms with Crippen molar-refractivity contribution >= 4 is 44.8 Å². The summed E-state index contributed by atoms with van der Waals surface area (Å²) in [6, 6.07) is 22.3. The van der Waals surface area contributed by atoms with E-state index in [-0.39, 0.29) is 6.03 Å². The number of rotatable bonds is 6. The summed E-state index contributed by atoms with van der Waals surface area (Å²) in [5, 5.41) is 7.12. The summed E-state index contributed by atoms with van der Waals surface area (Å²) in [6.07, 6.45) is 0.996. The normalized spacial score (nSPS) is 14.3. The molecule has 2 heterocycles. The fourth-order valence-corrected chi connectivity index (χ4v) is 5.31. The molecule has 180 valence electrons. The molecule has 0 atom stereocenters. The maximum atomic E-state index is 12.4. The molecule has 1 aliphatic rings. The van der Waals surface area contributed by atoms with Crippen molar-refractivity contribution in [1.29, 1.82) is 0 Å². The van der Waals surface area contributed by atoms with E-state index in [0.717, 1.165) is 67.5 Å². The van der Waals surface area contributed by atoms with Gasteiger partial charge in [-0.1, -0.05) is 42.0 Å². The van der Waals surface area contributed by atoms with Crippen LogP contribution in [-0.4, -0.2) is 48.0 Å². The van der Waals surface area contributed by atoms with Crippen LogP contribution < -0.4 is 15.5 Å². The molecule has 1 saturated heterocycles. The molecule has 2 amide bonds. The number of piperazine rings is 1. The first-order chi connectivity index (χ1) is 17.0. The lowest BCUT2D eigenvalue weighted by Gasteiger charge is -2.35. The average Bonchev–Trinajstić information content (AvgIpc) is 3.30. The molecule has 0 unspecified atom stereocenters. The van der Waals surface area contributed by atoms with Gasteiger partial charge in [0, 0.05) is 49.5 Å². The second kappa shape index (κ2) is 10.5. The van der Waals surface area contributed by atoms with Gasteiger partial charge in [0.2, 0.25) is 0 Å². The number of urea groups is 1. The molecule has 5 rings (SSSR count). The molecule has 6 nitrogen and oxygen atoms in total. The van der Waals surface area contributed by atoms with Gasteiger partial charge in [0.15, 0.2) is 0 Å². The number of carbonyl (C=O) groups is 1. The number of aryl methyl sites for hydroxylation is 2.